The van der Waals surface area contributed by atoms with Crippen LogP contribution in [0.2, 0.25) is 0 Å². The van der Waals surface area contributed by atoms with Gasteiger partial charge in [-0.1, -0.05) is 66.7 Å². The van der Waals surface area contributed by atoms with Gasteiger partial charge in [0, 0.05) is 45.1 Å². The highest BCUT2D eigenvalue weighted by Crippen LogP contribution is 2.23. The molecule has 8 heteroatoms. The Morgan fingerprint density at radius 3 is 1.69 bits per heavy atom. The van der Waals surface area contributed by atoms with E-state index in [1.807, 2.05) is 18.5 Å². The Morgan fingerprint density at radius 1 is 0.743 bits per heavy atom. The molecule has 0 spiro atoms. The number of carboxylic acids is 2. The second-order valence-corrected chi connectivity index (χ2v) is 7.97. The number of aromatic nitrogens is 2. The molecule has 3 aromatic rings. The van der Waals surface area contributed by atoms with Crippen LogP contribution in [0.15, 0.2) is 85.2 Å². The molecule has 0 saturated carbocycles. The average Bonchev–Trinajstić information content (AvgIpc) is 2.90. The molecule has 1 aliphatic heterocycles. The van der Waals surface area contributed by atoms with Crippen LogP contribution in [0.25, 0.3) is 5.57 Å². The van der Waals surface area contributed by atoms with Crippen LogP contribution in [0, 0.1) is 0 Å². The van der Waals surface area contributed by atoms with Gasteiger partial charge in [-0.25, -0.2) is 9.97 Å². The van der Waals surface area contributed by atoms with E-state index < -0.39 is 11.9 Å². The smallest absolute Gasteiger partial charge is 0.303 e. The lowest BCUT2D eigenvalue weighted by Gasteiger charge is -2.34. The van der Waals surface area contributed by atoms with Gasteiger partial charge in [0.05, 0.1) is 12.8 Å². The van der Waals surface area contributed by atoms with Crippen LogP contribution in [-0.4, -0.2) is 69.7 Å². The number of anilines is 1. The van der Waals surface area contributed by atoms with E-state index >= 15 is 0 Å². The molecule has 8 nitrogen and oxygen atoms in total. The first-order valence-corrected chi connectivity index (χ1v) is 11.5. The average molecular weight is 475 g/mol. The van der Waals surface area contributed by atoms with Crippen molar-refractivity contribution in [3.05, 3.63) is 96.3 Å². The highest BCUT2D eigenvalue weighted by molar-refractivity contribution is 5.79. The van der Waals surface area contributed by atoms with E-state index in [-0.39, 0.29) is 12.8 Å². The van der Waals surface area contributed by atoms with Crippen LogP contribution in [0.5, 0.6) is 0 Å². The number of benzene rings is 2. The summed E-state index contributed by atoms with van der Waals surface area (Å²) < 4.78 is 0. The minimum Gasteiger partial charge on any atom is -0.481 e. The van der Waals surface area contributed by atoms with Crippen LogP contribution in [0.4, 0.5) is 5.95 Å². The molecule has 2 aromatic carbocycles. The number of rotatable bonds is 8. The Kier molecular flexibility index (Phi) is 9.95. The molecule has 1 aromatic heterocycles. The van der Waals surface area contributed by atoms with E-state index in [1.165, 1.54) is 16.7 Å². The van der Waals surface area contributed by atoms with E-state index in [2.05, 4.69) is 86.5 Å². The van der Waals surface area contributed by atoms with Crippen molar-refractivity contribution in [3.8, 4) is 0 Å². The molecule has 35 heavy (non-hydrogen) atoms. The molecule has 2 heterocycles. The summed E-state index contributed by atoms with van der Waals surface area (Å²) in [7, 11) is 0. The highest BCUT2D eigenvalue weighted by Gasteiger charge is 2.18. The van der Waals surface area contributed by atoms with E-state index in [4.69, 9.17) is 10.2 Å². The normalized spacial score (nSPS) is 13.3. The molecular formula is C27H30N4O4. The van der Waals surface area contributed by atoms with E-state index in [0.717, 1.165) is 38.7 Å². The molecular weight excluding hydrogens is 444 g/mol. The maximum Gasteiger partial charge on any atom is 0.303 e. The Bertz CT molecular complexity index is 1030. The Morgan fingerprint density at radius 2 is 1.23 bits per heavy atom. The lowest BCUT2D eigenvalue weighted by atomic mass is 9.97. The minimum atomic E-state index is -1.08. The van der Waals surface area contributed by atoms with Crippen molar-refractivity contribution in [1.82, 2.24) is 14.9 Å². The summed E-state index contributed by atoms with van der Waals surface area (Å²) in [6.07, 6.45) is 5.39. The third-order valence-corrected chi connectivity index (χ3v) is 5.48. The first-order valence-electron chi connectivity index (χ1n) is 11.5. The van der Waals surface area contributed by atoms with E-state index in [1.54, 1.807) is 0 Å². The summed E-state index contributed by atoms with van der Waals surface area (Å²) >= 11 is 0. The number of piperazine rings is 1. The van der Waals surface area contributed by atoms with Gasteiger partial charge < -0.3 is 15.1 Å². The molecule has 0 bridgehead atoms. The molecule has 4 rings (SSSR count). The number of carbonyl (C=O) groups is 2. The SMILES string of the molecule is C(CN1CCN(c2ncccn2)CC1)=C(c1ccccc1)c1ccccc1.O=C(O)CCC(=O)O. The predicted octanol–water partition coefficient (Wildman–Crippen LogP) is 3.67. The predicted molar refractivity (Wildman–Crippen MR) is 135 cm³/mol. The molecule has 1 fully saturated rings. The van der Waals surface area contributed by atoms with Gasteiger partial charge in [-0.3, -0.25) is 14.5 Å². The number of nitrogens with zero attached hydrogens (tertiary/aromatic N) is 4. The zero-order chi connectivity index (χ0) is 24.9. The monoisotopic (exact) mass is 474 g/mol. The van der Waals surface area contributed by atoms with Crippen molar-refractivity contribution in [3.63, 3.8) is 0 Å². The first-order chi connectivity index (χ1) is 17.0. The van der Waals surface area contributed by atoms with E-state index in [9.17, 15) is 9.59 Å². The van der Waals surface area contributed by atoms with Crippen molar-refractivity contribution < 1.29 is 19.8 Å². The van der Waals surface area contributed by atoms with Crippen molar-refractivity contribution in [2.24, 2.45) is 0 Å². The van der Waals surface area contributed by atoms with Gasteiger partial charge in [-0.2, -0.15) is 0 Å². The van der Waals surface area contributed by atoms with Gasteiger partial charge in [0.25, 0.3) is 0 Å². The fraction of sp³-hybridized carbons (Fsp3) is 0.259. The van der Waals surface area contributed by atoms with Gasteiger partial charge in [-0.05, 0) is 22.8 Å². The fourth-order valence-electron chi connectivity index (χ4n) is 3.66. The zero-order valence-electron chi connectivity index (χ0n) is 19.5. The summed E-state index contributed by atoms with van der Waals surface area (Å²) in [6, 6.07) is 23.1. The molecule has 2 N–H and O–H groups in total. The fourth-order valence-corrected chi connectivity index (χ4v) is 3.66. The molecule has 1 aliphatic rings. The van der Waals surface area contributed by atoms with Crippen molar-refractivity contribution in [1.29, 1.82) is 0 Å². The number of hydrogen-bond acceptors (Lipinski definition) is 6. The summed E-state index contributed by atoms with van der Waals surface area (Å²) in [4.78, 5) is 32.8. The molecule has 0 amide bonds. The number of aliphatic carboxylic acids is 2. The van der Waals surface area contributed by atoms with Crippen molar-refractivity contribution >= 4 is 23.5 Å². The van der Waals surface area contributed by atoms with Gasteiger partial charge in [-0.15, -0.1) is 0 Å². The highest BCUT2D eigenvalue weighted by atomic mass is 16.4. The molecule has 0 radical (unpaired) electrons. The third kappa shape index (κ3) is 8.68. The maximum absolute atomic E-state index is 9.64. The molecule has 182 valence electrons. The molecule has 0 aliphatic carbocycles. The lowest BCUT2D eigenvalue weighted by Crippen LogP contribution is -2.47. The van der Waals surface area contributed by atoms with Crippen LogP contribution >= 0.6 is 0 Å². The maximum atomic E-state index is 9.64. The second-order valence-electron chi connectivity index (χ2n) is 7.97. The van der Waals surface area contributed by atoms with Gasteiger partial charge in [0.15, 0.2) is 0 Å². The third-order valence-electron chi connectivity index (χ3n) is 5.48. The van der Waals surface area contributed by atoms with Gasteiger partial charge in [0.2, 0.25) is 5.95 Å². The largest absolute Gasteiger partial charge is 0.481 e. The molecule has 0 atom stereocenters. The summed E-state index contributed by atoms with van der Waals surface area (Å²) in [5.74, 6) is -1.32. The molecule has 0 unspecified atom stereocenters. The Balaban J connectivity index is 0.000000371. The van der Waals surface area contributed by atoms with Crippen LogP contribution in [0.3, 0.4) is 0 Å². The standard InChI is InChI=1S/C23H24N4.C4H6O4/c1-3-8-20(9-4-1)22(21-10-5-2-6-11-21)12-15-26-16-18-27(19-17-26)23-24-13-7-14-25-23;5-3(6)1-2-4(7)8/h1-14H,15-19H2;1-2H2,(H,5,6)(H,7,8). The summed E-state index contributed by atoms with van der Waals surface area (Å²) in [5, 5.41) is 15.8. The Labute approximate surface area is 205 Å². The number of hydrogen-bond donors (Lipinski definition) is 2. The van der Waals surface area contributed by atoms with E-state index in [0.29, 0.717) is 0 Å². The Hall–Kier alpha value is -4.04. The lowest BCUT2D eigenvalue weighted by molar-refractivity contribution is -0.143. The second kappa shape index (κ2) is 13.6. The topological polar surface area (TPSA) is 107 Å². The van der Waals surface area contributed by atoms with Crippen LogP contribution in [-0.2, 0) is 9.59 Å². The first kappa shape index (κ1) is 25.6. The summed E-state index contributed by atoms with van der Waals surface area (Å²) in [6.45, 7) is 4.91. The minimum absolute atomic E-state index is 0.296. The quantitative estimate of drug-likeness (QED) is 0.509. The van der Waals surface area contributed by atoms with Crippen LogP contribution < -0.4 is 4.90 Å². The molecule has 1 saturated heterocycles. The van der Waals surface area contributed by atoms with Crippen molar-refractivity contribution in [2.75, 3.05) is 37.6 Å². The van der Waals surface area contributed by atoms with Crippen molar-refractivity contribution in [2.45, 2.75) is 12.8 Å². The number of carboxylic acid groups (broad SMARTS) is 2. The van der Waals surface area contributed by atoms with Gasteiger partial charge >= 0.3 is 11.9 Å². The zero-order valence-corrected chi connectivity index (χ0v) is 19.5. The van der Waals surface area contributed by atoms with Crippen LogP contribution in [0.1, 0.15) is 24.0 Å². The van der Waals surface area contributed by atoms with Gasteiger partial charge in [0.1, 0.15) is 0 Å². The summed E-state index contributed by atoms with van der Waals surface area (Å²) in [5.41, 5.74) is 3.82.